The highest BCUT2D eigenvalue weighted by Gasteiger charge is 2.16. The van der Waals surface area contributed by atoms with Gasteiger partial charge in [0.05, 0.1) is 7.11 Å². The summed E-state index contributed by atoms with van der Waals surface area (Å²) < 4.78 is 5.03. The van der Waals surface area contributed by atoms with E-state index in [0.717, 1.165) is 45.6 Å². The van der Waals surface area contributed by atoms with Crippen molar-refractivity contribution in [3.63, 3.8) is 0 Å². The number of aromatic nitrogens is 3. The number of rotatable bonds is 6. The molecule has 0 amide bonds. The summed E-state index contributed by atoms with van der Waals surface area (Å²) in [6.07, 6.45) is 1.78. The first-order valence-electron chi connectivity index (χ1n) is 8.31. The lowest BCUT2D eigenvalue weighted by molar-refractivity contribution is 0.254. The highest BCUT2D eigenvalue weighted by molar-refractivity contribution is 5.46. The largest absolute Gasteiger partial charge is 0.467 e. The van der Waals surface area contributed by atoms with Gasteiger partial charge < -0.3 is 15.4 Å². The fourth-order valence-corrected chi connectivity index (χ4v) is 2.95. The molecule has 24 heavy (non-hydrogen) atoms. The lowest BCUT2D eigenvalue weighted by Gasteiger charge is -2.36. The summed E-state index contributed by atoms with van der Waals surface area (Å²) >= 11 is 0. The Bertz CT molecular complexity index is 643. The molecule has 1 fully saturated rings. The zero-order chi connectivity index (χ0) is 16.8. The summed E-state index contributed by atoms with van der Waals surface area (Å²) in [6.45, 7) is 5.33. The molecule has 7 heteroatoms. The first-order chi connectivity index (χ1) is 11.7. The molecule has 2 aromatic rings. The first-order valence-corrected chi connectivity index (χ1v) is 8.31. The number of aryl methyl sites for hydroxylation is 1. The predicted molar refractivity (Wildman–Crippen MR) is 94.2 cm³/mol. The van der Waals surface area contributed by atoms with E-state index in [1.807, 2.05) is 0 Å². The molecule has 0 spiro atoms. The lowest BCUT2D eigenvalue weighted by Crippen LogP contribution is -2.46. The Morgan fingerprint density at radius 3 is 2.50 bits per heavy atom. The molecule has 1 aromatic carbocycles. The van der Waals surface area contributed by atoms with Crippen LogP contribution >= 0.6 is 0 Å². The summed E-state index contributed by atoms with van der Waals surface area (Å²) in [5.74, 6) is 0.913. The summed E-state index contributed by atoms with van der Waals surface area (Å²) in [7, 11) is 1.53. The minimum Gasteiger partial charge on any atom is -0.467 e. The number of ether oxygens (including phenoxy) is 1. The van der Waals surface area contributed by atoms with Crippen molar-refractivity contribution >= 4 is 11.6 Å². The van der Waals surface area contributed by atoms with E-state index in [0.29, 0.717) is 5.82 Å². The molecule has 1 aliphatic heterocycles. The van der Waals surface area contributed by atoms with Crippen LogP contribution in [-0.2, 0) is 6.42 Å². The van der Waals surface area contributed by atoms with Crippen LogP contribution in [0.5, 0.6) is 6.01 Å². The topological polar surface area (TPSA) is 80.4 Å². The number of anilines is 2. The van der Waals surface area contributed by atoms with E-state index in [1.54, 1.807) is 0 Å². The predicted octanol–water partition coefficient (Wildman–Crippen LogP) is 1.22. The van der Waals surface area contributed by atoms with Crippen LogP contribution in [0.2, 0.25) is 0 Å². The van der Waals surface area contributed by atoms with E-state index in [9.17, 15) is 0 Å². The molecule has 0 aliphatic carbocycles. The minimum atomic E-state index is 0.216. The van der Waals surface area contributed by atoms with Crippen LogP contribution in [0, 0.1) is 0 Å². The van der Waals surface area contributed by atoms with Gasteiger partial charge in [-0.1, -0.05) is 18.2 Å². The van der Waals surface area contributed by atoms with Gasteiger partial charge >= 0.3 is 6.01 Å². The molecule has 0 saturated carbocycles. The van der Waals surface area contributed by atoms with Gasteiger partial charge in [0.25, 0.3) is 0 Å². The quantitative estimate of drug-likeness (QED) is 0.854. The van der Waals surface area contributed by atoms with Gasteiger partial charge in [-0.3, -0.25) is 4.90 Å². The standard InChI is InChI=1S/C17H24N6O/c1-24-17-20-15(19-16(18)21-17)8-5-9-22-10-12-23(13-11-22)14-6-3-2-4-7-14/h2-4,6-7H,5,8-13H2,1H3,(H2,18,19,20,21). The number of hydrogen-bond acceptors (Lipinski definition) is 7. The first kappa shape index (κ1) is 16.4. The number of nitrogens with two attached hydrogens (primary N) is 1. The maximum Gasteiger partial charge on any atom is 0.321 e. The Hall–Kier alpha value is -2.41. The Kier molecular flexibility index (Phi) is 5.43. The number of nitrogen functional groups attached to an aromatic ring is 1. The monoisotopic (exact) mass is 328 g/mol. The average molecular weight is 328 g/mol. The van der Waals surface area contributed by atoms with Crippen molar-refractivity contribution in [1.82, 2.24) is 19.9 Å². The Morgan fingerprint density at radius 2 is 1.79 bits per heavy atom. The van der Waals surface area contributed by atoms with E-state index < -0.39 is 0 Å². The van der Waals surface area contributed by atoms with Gasteiger partial charge in [-0.25, -0.2) is 0 Å². The van der Waals surface area contributed by atoms with Crippen molar-refractivity contribution in [2.45, 2.75) is 12.8 Å². The number of piperazine rings is 1. The van der Waals surface area contributed by atoms with Gasteiger partial charge in [0.15, 0.2) is 0 Å². The molecule has 0 unspecified atom stereocenters. The molecule has 0 atom stereocenters. The van der Waals surface area contributed by atoms with E-state index in [2.05, 4.69) is 55.1 Å². The zero-order valence-corrected chi connectivity index (χ0v) is 14.1. The highest BCUT2D eigenvalue weighted by atomic mass is 16.5. The minimum absolute atomic E-state index is 0.216. The fraction of sp³-hybridized carbons (Fsp3) is 0.471. The van der Waals surface area contributed by atoms with Crippen LogP contribution in [0.3, 0.4) is 0 Å². The molecule has 2 N–H and O–H groups in total. The third-order valence-corrected chi connectivity index (χ3v) is 4.23. The van der Waals surface area contributed by atoms with Crippen LogP contribution in [-0.4, -0.2) is 59.7 Å². The van der Waals surface area contributed by atoms with Crippen molar-refractivity contribution in [3.05, 3.63) is 36.2 Å². The molecular formula is C17H24N6O. The number of para-hydroxylation sites is 1. The van der Waals surface area contributed by atoms with Crippen molar-refractivity contribution in [2.75, 3.05) is 50.5 Å². The third-order valence-electron chi connectivity index (χ3n) is 4.23. The number of hydrogen-bond donors (Lipinski definition) is 1. The van der Waals surface area contributed by atoms with Crippen LogP contribution in [0.25, 0.3) is 0 Å². The number of methoxy groups -OCH3 is 1. The van der Waals surface area contributed by atoms with Gasteiger partial charge in [0, 0.05) is 38.3 Å². The summed E-state index contributed by atoms with van der Waals surface area (Å²) in [4.78, 5) is 17.2. The number of benzene rings is 1. The second-order valence-electron chi connectivity index (χ2n) is 5.86. The lowest BCUT2D eigenvalue weighted by atomic mass is 10.2. The van der Waals surface area contributed by atoms with Crippen molar-refractivity contribution in [3.8, 4) is 6.01 Å². The molecule has 2 heterocycles. The third kappa shape index (κ3) is 4.32. The van der Waals surface area contributed by atoms with Gasteiger partial charge in [0.2, 0.25) is 5.95 Å². The van der Waals surface area contributed by atoms with Gasteiger partial charge in [-0.2, -0.15) is 15.0 Å². The average Bonchev–Trinajstić information content (AvgIpc) is 2.62. The zero-order valence-electron chi connectivity index (χ0n) is 14.1. The highest BCUT2D eigenvalue weighted by Crippen LogP contribution is 2.15. The van der Waals surface area contributed by atoms with E-state index in [4.69, 9.17) is 10.5 Å². The smallest absolute Gasteiger partial charge is 0.321 e. The second-order valence-corrected chi connectivity index (χ2v) is 5.86. The summed E-state index contributed by atoms with van der Waals surface area (Å²) in [5.41, 5.74) is 6.97. The van der Waals surface area contributed by atoms with Crippen molar-refractivity contribution < 1.29 is 4.74 Å². The van der Waals surface area contributed by atoms with Gasteiger partial charge in [0.1, 0.15) is 5.82 Å². The van der Waals surface area contributed by atoms with Gasteiger partial charge in [-0.15, -0.1) is 0 Å². The molecule has 1 aliphatic rings. The summed E-state index contributed by atoms with van der Waals surface area (Å²) in [6, 6.07) is 10.9. The molecule has 1 saturated heterocycles. The Labute approximate surface area is 142 Å². The van der Waals surface area contributed by atoms with Crippen molar-refractivity contribution in [1.29, 1.82) is 0 Å². The Balaban J connectivity index is 1.43. The molecule has 128 valence electrons. The second kappa shape index (κ2) is 7.92. The normalized spacial score (nSPS) is 15.5. The Morgan fingerprint density at radius 1 is 1.04 bits per heavy atom. The maximum atomic E-state index is 5.66. The molecule has 0 radical (unpaired) electrons. The van der Waals surface area contributed by atoms with Crippen LogP contribution in [0.4, 0.5) is 11.6 Å². The SMILES string of the molecule is COc1nc(N)nc(CCCN2CCN(c3ccccc3)CC2)n1. The van der Waals surface area contributed by atoms with Gasteiger partial charge in [-0.05, 0) is 25.1 Å². The van der Waals surface area contributed by atoms with E-state index in [-0.39, 0.29) is 12.0 Å². The summed E-state index contributed by atoms with van der Waals surface area (Å²) in [5, 5.41) is 0. The number of nitrogens with zero attached hydrogens (tertiary/aromatic N) is 5. The van der Waals surface area contributed by atoms with Crippen LogP contribution in [0.15, 0.2) is 30.3 Å². The van der Waals surface area contributed by atoms with E-state index >= 15 is 0 Å². The molecule has 7 nitrogen and oxygen atoms in total. The molecule has 3 rings (SSSR count). The van der Waals surface area contributed by atoms with Crippen LogP contribution in [0.1, 0.15) is 12.2 Å². The van der Waals surface area contributed by atoms with E-state index in [1.165, 1.54) is 12.8 Å². The molecule has 1 aromatic heterocycles. The fourth-order valence-electron chi connectivity index (χ4n) is 2.95. The van der Waals surface area contributed by atoms with Crippen molar-refractivity contribution in [2.24, 2.45) is 0 Å². The molecular weight excluding hydrogens is 304 g/mol. The maximum absolute atomic E-state index is 5.66. The molecule has 0 bridgehead atoms. The van der Waals surface area contributed by atoms with Crippen LogP contribution < -0.4 is 15.4 Å².